The highest BCUT2D eigenvalue weighted by atomic mass is 35.5. The fourth-order valence-corrected chi connectivity index (χ4v) is 4.15. The van der Waals surface area contributed by atoms with E-state index in [2.05, 4.69) is 10.3 Å². The molecule has 166 valence electrons. The van der Waals surface area contributed by atoms with E-state index in [1.54, 1.807) is 30.3 Å². The van der Waals surface area contributed by atoms with E-state index < -0.39 is 10.8 Å². The van der Waals surface area contributed by atoms with Gasteiger partial charge in [-0.2, -0.15) is 0 Å². The third-order valence-corrected chi connectivity index (χ3v) is 5.97. The average Bonchev–Trinajstić information content (AvgIpc) is 3.50. The number of para-hydroxylation sites is 2. The smallest absolute Gasteiger partial charge is 0.293 e. The van der Waals surface area contributed by atoms with Gasteiger partial charge in [-0.3, -0.25) is 14.9 Å². The Morgan fingerprint density at radius 3 is 2.64 bits per heavy atom. The molecule has 5 rings (SSSR count). The van der Waals surface area contributed by atoms with Gasteiger partial charge >= 0.3 is 0 Å². The Hall–Kier alpha value is -3.91. The third-order valence-electron chi connectivity index (χ3n) is 5.64. The molecule has 33 heavy (non-hydrogen) atoms. The van der Waals surface area contributed by atoms with Gasteiger partial charge in [0.2, 0.25) is 5.89 Å². The van der Waals surface area contributed by atoms with E-state index >= 15 is 0 Å². The molecule has 0 unspecified atom stereocenters. The van der Waals surface area contributed by atoms with Gasteiger partial charge in [0, 0.05) is 30.3 Å². The summed E-state index contributed by atoms with van der Waals surface area (Å²) in [5, 5.41) is 14.7. The minimum absolute atomic E-state index is 0.0872. The second-order valence-electron chi connectivity index (χ2n) is 7.79. The van der Waals surface area contributed by atoms with Crippen molar-refractivity contribution >= 4 is 45.7 Å². The normalized spacial score (nSPS) is 13.4. The van der Waals surface area contributed by atoms with Crippen molar-refractivity contribution in [3.05, 3.63) is 81.4 Å². The van der Waals surface area contributed by atoms with Gasteiger partial charge in [0.25, 0.3) is 11.6 Å². The summed E-state index contributed by atoms with van der Waals surface area (Å²) in [6.07, 6.45) is 1.99. The standard InChI is InChI=1S/C24H19ClN4O4/c25-17-9-7-16(24-27-18-5-1-2-6-22(18)33-24)13-19(17)26-23(30)15-8-10-20(21(14-15)29(31)32)28-11-3-4-12-28/h1-2,5-10,13-14H,3-4,11-12H2,(H,26,30). The molecule has 1 amide bonds. The molecule has 0 atom stereocenters. The first-order chi connectivity index (χ1) is 16.0. The van der Waals surface area contributed by atoms with E-state index in [-0.39, 0.29) is 11.3 Å². The molecule has 8 nitrogen and oxygen atoms in total. The zero-order chi connectivity index (χ0) is 22.9. The number of nitrogens with zero attached hydrogens (tertiary/aromatic N) is 3. The van der Waals surface area contributed by atoms with Crippen LogP contribution in [0.2, 0.25) is 5.02 Å². The molecule has 1 saturated heterocycles. The quantitative estimate of drug-likeness (QED) is 0.292. The van der Waals surface area contributed by atoms with Crippen LogP contribution >= 0.6 is 11.6 Å². The lowest BCUT2D eigenvalue weighted by molar-refractivity contribution is -0.384. The molecule has 3 aromatic carbocycles. The fraction of sp³-hybridized carbons (Fsp3) is 0.167. The van der Waals surface area contributed by atoms with E-state index in [1.165, 1.54) is 6.07 Å². The van der Waals surface area contributed by atoms with E-state index in [1.807, 2.05) is 29.2 Å². The van der Waals surface area contributed by atoms with Crippen LogP contribution in [0, 0.1) is 10.1 Å². The van der Waals surface area contributed by atoms with Crippen molar-refractivity contribution in [2.45, 2.75) is 12.8 Å². The van der Waals surface area contributed by atoms with Gasteiger partial charge in [-0.15, -0.1) is 0 Å². The van der Waals surface area contributed by atoms with Crippen molar-refractivity contribution in [3.8, 4) is 11.5 Å². The monoisotopic (exact) mass is 462 g/mol. The number of amides is 1. The summed E-state index contributed by atoms with van der Waals surface area (Å²) < 4.78 is 5.80. The molecule has 1 fully saturated rings. The van der Waals surface area contributed by atoms with Crippen LogP contribution in [0.25, 0.3) is 22.6 Å². The van der Waals surface area contributed by atoms with Gasteiger partial charge in [0.15, 0.2) is 5.58 Å². The van der Waals surface area contributed by atoms with Crippen LogP contribution in [0.3, 0.4) is 0 Å². The van der Waals surface area contributed by atoms with E-state index in [4.69, 9.17) is 16.0 Å². The van der Waals surface area contributed by atoms with Crippen molar-refractivity contribution in [1.29, 1.82) is 0 Å². The largest absolute Gasteiger partial charge is 0.436 e. The van der Waals surface area contributed by atoms with E-state index in [0.717, 1.165) is 31.4 Å². The number of oxazole rings is 1. The number of hydrogen-bond acceptors (Lipinski definition) is 6. The molecule has 4 aromatic rings. The first kappa shape index (κ1) is 21.0. The van der Waals surface area contributed by atoms with Crippen molar-refractivity contribution in [3.63, 3.8) is 0 Å². The lowest BCUT2D eigenvalue weighted by Gasteiger charge is -2.18. The van der Waals surface area contributed by atoms with Crippen LogP contribution < -0.4 is 10.2 Å². The Balaban J connectivity index is 1.43. The topological polar surface area (TPSA) is 102 Å². The van der Waals surface area contributed by atoms with Crippen molar-refractivity contribution < 1.29 is 14.1 Å². The zero-order valence-electron chi connectivity index (χ0n) is 17.5. The van der Waals surface area contributed by atoms with Gasteiger partial charge in [-0.05, 0) is 55.3 Å². The van der Waals surface area contributed by atoms with Crippen LogP contribution in [0.4, 0.5) is 17.1 Å². The number of hydrogen-bond donors (Lipinski definition) is 1. The first-order valence-corrected chi connectivity index (χ1v) is 10.9. The summed E-state index contributed by atoms with van der Waals surface area (Å²) in [6, 6.07) is 17.0. The Bertz CT molecular complexity index is 1350. The van der Waals surface area contributed by atoms with Gasteiger partial charge < -0.3 is 14.6 Å². The lowest BCUT2D eigenvalue weighted by Crippen LogP contribution is -2.20. The Morgan fingerprint density at radius 2 is 1.88 bits per heavy atom. The molecule has 0 radical (unpaired) electrons. The highest BCUT2D eigenvalue weighted by Crippen LogP contribution is 2.33. The minimum Gasteiger partial charge on any atom is -0.436 e. The number of anilines is 2. The predicted octanol–water partition coefficient (Wildman–Crippen LogP) is 5.91. The maximum atomic E-state index is 12.9. The highest BCUT2D eigenvalue weighted by molar-refractivity contribution is 6.34. The van der Waals surface area contributed by atoms with E-state index in [9.17, 15) is 14.9 Å². The molecular formula is C24H19ClN4O4. The van der Waals surface area contributed by atoms with Crippen molar-refractivity contribution in [2.75, 3.05) is 23.3 Å². The summed E-state index contributed by atoms with van der Waals surface area (Å²) in [5.41, 5.74) is 2.99. The molecular weight excluding hydrogens is 444 g/mol. The van der Waals surface area contributed by atoms with Crippen LogP contribution in [0.5, 0.6) is 0 Å². The summed E-state index contributed by atoms with van der Waals surface area (Å²) in [6.45, 7) is 1.54. The Labute approximate surface area is 193 Å². The molecule has 2 heterocycles. The van der Waals surface area contributed by atoms with Crippen molar-refractivity contribution in [1.82, 2.24) is 4.98 Å². The van der Waals surface area contributed by atoms with Crippen LogP contribution in [0.15, 0.2) is 65.1 Å². The SMILES string of the molecule is O=C(Nc1cc(-c2nc3ccccc3o2)ccc1Cl)c1ccc(N2CCCC2)c([N+](=O)[O-])c1. The summed E-state index contributed by atoms with van der Waals surface area (Å²) in [5.74, 6) is -0.100. The number of carbonyl (C=O) groups is 1. The number of nitro benzene ring substituents is 1. The highest BCUT2D eigenvalue weighted by Gasteiger charge is 2.24. The average molecular weight is 463 g/mol. The molecule has 0 spiro atoms. The third kappa shape index (κ3) is 4.12. The van der Waals surface area contributed by atoms with Gasteiger partial charge in [-0.1, -0.05) is 23.7 Å². The molecule has 0 saturated carbocycles. The molecule has 0 aliphatic carbocycles. The maximum Gasteiger partial charge on any atom is 0.293 e. The predicted molar refractivity (Wildman–Crippen MR) is 127 cm³/mol. The van der Waals surface area contributed by atoms with Crippen LogP contribution in [-0.4, -0.2) is 28.9 Å². The van der Waals surface area contributed by atoms with E-state index in [0.29, 0.717) is 33.4 Å². The second kappa shape index (κ2) is 8.55. The number of carbonyl (C=O) groups excluding carboxylic acids is 1. The van der Waals surface area contributed by atoms with Gasteiger partial charge in [0.05, 0.1) is 15.6 Å². The van der Waals surface area contributed by atoms with Crippen LogP contribution in [0.1, 0.15) is 23.2 Å². The number of rotatable bonds is 5. The maximum absolute atomic E-state index is 12.9. The number of nitrogens with one attached hydrogen (secondary N) is 1. The molecule has 1 N–H and O–H groups in total. The Morgan fingerprint density at radius 1 is 1.09 bits per heavy atom. The second-order valence-corrected chi connectivity index (χ2v) is 8.20. The molecule has 1 aliphatic rings. The molecule has 9 heteroatoms. The molecule has 0 bridgehead atoms. The number of benzene rings is 3. The minimum atomic E-state index is -0.498. The van der Waals surface area contributed by atoms with Crippen molar-refractivity contribution in [2.24, 2.45) is 0 Å². The number of halogens is 1. The fourth-order valence-electron chi connectivity index (χ4n) is 3.98. The zero-order valence-corrected chi connectivity index (χ0v) is 18.2. The number of nitro groups is 1. The molecule has 1 aromatic heterocycles. The summed E-state index contributed by atoms with van der Waals surface area (Å²) >= 11 is 6.31. The van der Waals surface area contributed by atoms with Gasteiger partial charge in [0.1, 0.15) is 11.2 Å². The first-order valence-electron chi connectivity index (χ1n) is 10.5. The van der Waals surface area contributed by atoms with Gasteiger partial charge in [-0.25, -0.2) is 4.98 Å². The Kier molecular flexibility index (Phi) is 5.43. The number of fused-ring (bicyclic) bond motifs is 1. The number of aromatic nitrogens is 1. The molecule has 1 aliphatic heterocycles. The summed E-state index contributed by atoms with van der Waals surface area (Å²) in [4.78, 5) is 30.6. The lowest BCUT2D eigenvalue weighted by atomic mass is 10.1. The summed E-state index contributed by atoms with van der Waals surface area (Å²) in [7, 11) is 0. The van der Waals surface area contributed by atoms with Crippen LogP contribution in [-0.2, 0) is 0 Å².